The number of rotatable bonds is 5. The number of ether oxygens (including phenoxy) is 2. The maximum Gasteiger partial charge on any atom is 0.409 e. The average Bonchev–Trinajstić information content (AvgIpc) is 3.29. The van der Waals surface area contributed by atoms with Crippen molar-refractivity contribution in [1.82, 2.24) is 19.4 Å². The van der Waals surface area contributed by atoms with Crippen molar-refractivity contribution < 1.29 is 14.3 Å². The predicted octanol–water partition coefficient (Wildman–Crippen LogP) is 4.37. The topological polar surface area (TPSA) is 72.7 Å². The monoisotopic (exact) mass is 457 g/mol. The molecule has 0 aliphatic carbocycles. The fraction of sp³-hybridized carbons (Fsp3) is 0.269. The molecule has 1 saturated heterocycles. The van der Waals surface area contributed by atoms with Crippen LogP contribution in [0.4, 0.5) is 10.6 Å². The molecule has 1 aliphatic rings. The zero-order valence-electron chi connectivity index (χ0n) is 19.3. The number of hydrogen-bond donors (Lipinski definition) is 0. The number of aromatic nitrogens is 3. The highest BCUT2D eigenvalue weighted by molar-refractivity contribution is 6.02. The first-order valence-corrected chi connectivity index (χ1v) is 11.4. The second kappa shape index (κ2) is 9.43. The zero-order valence-corrected chi connectivity index (χ0v) is 19.3. The Labute approximate surface area is 198 Å². The second-order valence-corrected chi connectivity index (χ2v) is 8.05. The predicted molar refractivity (Wildman–Crippen MR) is 132 cm³/mol. The number of anilines is 1. The molecule has 0 saturated carbocycles. The number of piperazine rings is 1. The van der Waals surface area contributed by atoms with Crippen LogP contribution in [0.3, 0.4) is 0 Å². The molecule has 1 fully saturated rings. The summed E-state index contributed by atoms with van der Waals surface area (Å²) in [5, 5.41) is 0.995. The Bertz CT molecular complexity index is 1280. The molecule has 0 N–H and O–H groups in total. The molecule has 4 aromatic rings. The highest BCUT2D eigenvalue weighted by Gasteiger charge is 2.26. The molecule has 0 bridgehead atoms. The summed E-state index contributed by atoms with van der Waals surface area (Å²) < 4.78 is 12.6. The summed E-state index contributed by atoms with van der Waals surface area (Å²) in [5.74, 6) is 1.68. The summed E-state index contributed by atoms with van der Waals surface area (Å²) in [7, 11) is 1.66. The van der Waals surface area contributed by atoms with Gasteiger partial charge in [0, 0.05) is 43.6 Å². The molecule has 0 spiro atoms. The number of methoxy groups -OCH3 is 1. The van der Waals surface area contributed by atoms with Crippen molar-refractivity contribution in [3.05, 3.63) is 67.1 Å². The normalized spacial score (nSPS) is 13.8. The fourth-order valence-electron chi connectivity index (χ4n) is 4.38. The molecule has 174 valence electrons. The van der Waals surface area contributed by atoms with Crippen LogP contribution in [0, 0.1) is 0 Å². The third-order valence-electron chi connectivity index (χ3n) is 6.10. The smallest absolute Gasteiger partial charge is 0.409 e. The molecule has 3 heterocycles. The molecule has 8 nitrogen and oxygen atoms in total. The number of carbonyl (C=O) groups excluding carboxylic acids is 1. The van der Waals surface area contributed by atoms with Crippen LogP contribution in [0.2, 0.25) is 0 Å². The highest BCUT2D eigenvalue weighted by atomic mass is 16.6. The van der Waals surface area contributed by atoms with E-state index in [-0.39, 0.29) is 6.09 Å². The number of nitrogens with zero attached hydrogens (tertiary/aromatic N) is 5. The van der Waals surface area contributed by atoms with Crippen LogP contribution in [-0.2, 0) is 4.74 Å². The Morgan fingerprint density at radius 2 is 1.71 bits per heavy atom. The van der Waals surface area contributed by atoms with Gasteiger partial charge in [0.15, 0.2) is 5.65 Å². The lowest BCUT2D eigenvalue weighted by Crippen LogP contribution is -2.49. The lowest BCUT2D eigenvalue weighted by Gasteiger charge is -2.35. The molecule has 0 atom stereocenters. The lowest BCUT2D eigenvalue weighted by atomic mass is 10.1. The molecule has 34 heavy (non-hydrogen) atoms. The van der Waals surface area contributed by atoms with Gasteiger partial charge in [-0.2, -0.15) is 0 Å². The van der Waals surface area contributed by atoms with E-state index in [4.69, 9.17) is 14.5 Å². The minimum atomic E-state index is -0.259. The highest BCUT2D eigenvalue weighted by Crippen LogP contribution is 2.37. The summed E-state index contributed by atoms with van der Waals surface area (Å²) >= 11 is 0. The van der Waals surface area contributed by atoms with Crippen molar-refractivity contribution in [3.63, 3.8) is 0 Å². The molecule has 2 aromatic heterocycles. The fourth-order valence-corrected chi connectivity index (χ4v) is 4.38. The van der Waals surface area contributed by atoms with E-state index in [0.717, 1.165) is 39.4 Å². The summed E-state index contributed by atoms with van der Waals surface area (Å²) in [5.41, 5.74) is 3.99. The van der Waals surface area contributed by atoms with Crippen LogP contribution < -0.4 is 9.64 Å². The third kappa shape index (κ3) is 4.03. The van der Waals surface area contributed by atoms with Crippen molar-refractivity contribution in [2.24, 2.45) is 0 Å². The van der Waals surface area contributed by atoms with E-state index < -0.39 is 0 Å². The SMILES string of the molecule is CCOC(=O)N1CCN(c2ncnc3c2c(-c2ccccc2)cn3-c2ccc(OC)cc2)CC1. The average molecular weight is 458 g/mol. The summed E-state index contributed by atoms with van der Waals surface area (Å²) in [4.78, 5) is 25.5. The minimum absolute atomic E-state index is 0.259. The van der Waals surface area contributed by atoms with Crippen molar-refractivity contribution in [2.75, 3.05) is 44.8 Å². The summed E-state index contributed by atoms with van der Waals surface area (Å²) in [6.45, 7) is 4.73. The van der Waals surface area contributed by atoms with E-state index >= 15 is 0 Å². The van der Waals surface area contributed by atoms with Gasteiger partial charge in [0.2, 0.25) is 0 Å². The van der Waals surface area contributed by atoms with Crippen LogP contribution in [0.25, 0.3) is 27.8 Å². The van der Waals surface area contributed by atoms with E-state index in [2.05, 4.69) is 32.8 Å². The van der Waals surface area contributed by atoms with Gasteiger partial charge >= 0.3 is 6.09 Å². The zero-order chi connectivity index (χ0) is 23.5. The molecular formula is C26H27N5O3. The van der Waals surface area contributed by atoms with E-state index in [1.165, 1.54) is 0 Å². The maximum absolute atomic E-state index is 12.1. The van der Waals surface area contributed by atoms with Gasteiger partial charge in [0.1, 0.15) is 17.9 Å². The van der Waals surface area contributed by atoms with E-state index in [1.807, 2.05) is 49.4 Å². The molecule has 5 rings (SSSR count). The third-order valence-corrected chi connectivity index (χ3v) is 6.10. The number of fused-ring (bicyclic) bond motifs is 1. The Morgan fingerprint density at radius 3 is 2.38 bits per heavy atom. The standard InChI is InChI=1S/C26H27N5O3/c1-3-34-26(32)30-15-13-29(14-16-30)24-23-22(19-7-5-4-6-8-19)17-31(25(23)28-18-27-24)20-9-11-21(33-2)12-10-20/h4-12,17-18H,3,13-16H2,1-2H3. The molecule has 2 aromatic carbocycles. The Balaban J connectivity index is 1.58. The van der Waals surface area contributed by atoms with Crippen LogP contribution in [0.5, 0.6) is 5.75 Å². The van der Waals surface area contributed by atoms with Gasteiger partial charge in [-0.1, -0.05) is 30.3 Å². The number of benzene rings is 2. The molecule has 1 amide bonds. The second-order valence-electron chi connectivity index (χ2n) is 8.05. The maximum atomic E-state index is 12.1. The Hall–Kier alpha value is -4.07. The molecule has 0 unspecified atom stereocenters. The van der Waals surface area contributed by atoms with Crippen molar-refractivity contribution >= 4 is 22.9 Å². The van der Waals surface area contributed by atoms with Crippen molar-refractivity contribution in [1.29, 1.82) is 0 Å². The molecule has 8 heteroatoms. The Kier molecular flexibility index (Phi) is 6.03. The number of hydrogen-bond acceptors (Lipinski definition) is 6. The molecule has 0 radical (unpaired) electrons. The quantitative estimate of drug-likeness (QED) is 0.443. The van der Waals surface area contributed by atoms with E-state index in [0.29, 0.717) is 32.8 Å². The van der Waals surface area contributed by atoms with E-state index in [1.54, 1.807) is 18.3 Å². The van der Waals surface area contributed by atoms with Gasteiger partial charge in [-0.3, -0.25) is 0 Å². The number of amides is 1. The Morgan fingerprint density at radius 1 is 0.971 bits per heavy atom. The first-order chi connectivity index (χ1) is 16.7. The van der Waals surface area contributed by atoms with Gasteiger partial charge in [0.25, 0.3) is 0 Å². The van der Waals surface area contributed by atoms with Crippen molar-refractivity contribution in [2.45, 2.75) is 6.92 Å². The lowest BCUT2D eigenvalue weighted by molar-refractivity contribution is 0.105. The van der Waals surface area contributed by atoms with Gasteiger partial charge in [-0.25, -0.2) is 14.8 Å². The van der Waals surface area contributed by atoms with Gasteiger partial charge in [0.05, 0.1) is 19.1 Å². The van der Waals surface area contributed by atoms with Crippen LogP contribution >= 0.6 is 0 Å². The summed E-state index contributed by atoms with van der Waals surface area (Å²) in [6.07, 6.45) is 3.48. The van der Waals surface area contributed by atoms with Crippen LogP contribution in [0.15, 0.2) is 67.1 Å². The van der Waals surface area contributed by atoms with Gasteiger partial charge < -0.3 is 23.8 Å². The van der Waals surface area contributed by atoms with Crippen molar-refractivity contribution in [3.8, 4) is 22.6 Å². The van der Waals surface area contributed by atoms with Gasteiger partial charge in [-0.05, 0) is 36.8 Å². The number of carbonyl (C=O) groups is 1. The minimum Gasteiger partial charge on any atom is -0.497 e. The molecule has 1 aliphatic heterocycles. The van der Waals surface area contributed by atoms with Gasteiger partial charge in [-0.15, -0.1) is 0 Å². The summed E-state index contributed by atoms with van der Waals surface area (Å²) in [6, 6.07) is 18.2. The van der Waals surface area contributed by atoms with E-state index in [9.17, 15) is 4.79 Å². The first kappa shape index (κ1) is 21.8. The molecular weight excluding hydrogens is 430 g/mol. The first-order valence-electron chi connectivity index (χ1n) is 11.4. The van der Waals surface area contributed by atoms with Crippen LogP contribution in [0.1, 0.15) is 6.92 Å². The largest absolute Gasteiger partial charge is 0.497 e. The van der Waals surface area contributed by atoms with Crippen LogP contribution in [-0.4, -0.2) is 65.4 Å².